The summed E-state index contributed by atoms with van der Waals surface area (Å²) in [6.45, 7) is 0. The van der Waals surface area contributed by atoms with Gasteiger partial charge in [-0.1, -0.05) is 0 Å². The van der Waals surface area contributed by atoms with Gasteiger partial charge in [0.25, 0.3) is 0 Å². The van der Waals surface area contributed by atoms with Crippen LogP contribution in [0.5, 0.6) is 0 Å². The smallest absolute Gasteiger partial charge is 0.115 e. The molecule has 0 aromatic heterocycles. The number of hydrogen-bond acceptors (Lipinski definition) is 1. The molecule has 0 aromatic carbocycles. The van der Waals surface area contributed by atoms with Crippen LogP contribution in [-0.4, -0.2) is 17.6 Å². The van der Waals surface area contributed by atoms with E-state index >= 15 is 0 Å². The second kappa shape index (κ2) is 8.82. The Kier molecular flexibility index (Phi) is 20.0. The first-order valence-corrected chi connectivity index (χ1v) is 1.60. The molecule has 0 saturated heterocycles. The van der Waals surface area contributed by atoms with Crippen molar-refractivity contribution in [1.82, 2.24) is 0 Å². The minimum Gasteiger partial charge on any atom is -0.230 e. The molecule has 0 aromatic rings. The Labute approximate surface area is 53.0 Å². The molecule has 0 saturated carbocycles. The van der Waals surface area contributed by atoms with Crippen LogP contribution in [0.2, 0.25) is 0 Å². The first kappa shape index (κ1) is 9.07. The fourth-order valence-electron chi connectivity index (χ4n) is 0. The molecule has 4 radical (unpaired) electrons. The zero-order valence-corrected chi connectivity index (χ0v) is 6.93. The van der Waals surface area contributed by atoms with Crippen molar-refractivity contribution in [1.29, 1.82) is 0 Å². The van der Waals surface area contributed by atoms with E-state index in [0.29, 0.717) is 0 Å². The van der Waals surface area contributed by atoms with Crippen LogP contribution in [0.1, 0.15) is 0 Å². The van der Waals surface area contributed by atoms with Crippen LogP contribution in [0.25, 0.3) is 0 Å². The maximum absolute atomic E-state index is 3.88. The van der Waals surface area contributed by atoms with E-state index in [0.717, 1.165) is 0 Å². The summed E-state index contributed by atoms with van der Waals surface area (Å²) in [6.07, 6.45) is 0. The Balaban J connectivity index is 0. The second-order valence-electron chi connectivity index (χ2n) is 0.0583. The minimum atomic E-state index is 0. The molecule has 0 amide bonds. The molecular weight excluding hydrogens is 248 g/mol. The van der Waals surface area contributed by atoms with E-state index < -0.39 is 0 Å². The van der Waals surface area contributed by atoms with Gasteiger partial charge in [-0.15, -0.1) is 0 Å². The van der Waals surface area contributed by atoms with Crippen molar-refractivity contribution in [3.05, 3.63) is 0 Å². The predicted molar refractivity (Wildman–Crippen MR) is 24.7 cm³/mol. The molecule has 0 spiro atoms. The first-order valence-electron chi connectivity index (χ1n) is 0.309. The summed E-state index contributed by atoms with van der Waals surface area (Å²) >= 11 is 5.12. The monoisotopic (exact) mass is 248 g/mol. The predicted octanol–water partition coefficient (Wildman–Crippen LogP) is 1.24. The average molecular weight is 248 g/mol. The van der Waals surface area contributed by atoms with E-state index in [-0.39, 0.29) is 17.6 Å². The summed E-state index contributed by atoms with van der Waals surface area (Å²) in [5.74, 6) is 0. The molecule has 0 heterocycles. The van der Waals surface area contributed by atoms with Gasteiger partial charge in [0, 0.05) is 17.6 Å². The molecule has 0 bridgehead atoms. The van der Waals surface area contributed by atoms with Crippen LogP contribution in [-0.2, 0) is 2.92 Å². The van der Waals surface area contributed by atoms with Crippen molar-refractivity contribution >= 4 is 50.1 Å². The molecule has 24 valence electrons. The zero-order valence-electron chi connectivity index (χ0n) is 1.66. The Morgan fingerprint density at radius 2 is 1.25 bits per heavy atom. The van der Waals surface area contributed by atoms with Gasteiger partial charge in [-0.05, 0) is 0 Å². The van der Waals surface area contributed by atoms with Gasteiger partial charge in [0.2, 0.25) is 0 Å². The maximum atomic E-state index is 3.88. The van der Waals surface area contributed by atoms with Crippen LogP contribution in [0.15, 0.2) is 0 Å². The molecule has 0 rings (SSSR count). The molecule has 0 fully saturated rings. The first-order chi connectivity index (χ1) is 1.41. The minimum absolute atomic E-state index is 0. The molecule has 4 heavy (non-hydrogen) atoms. The van der Waals surface area contributed by atoms with Crippen LogP contribution < -0.4 is 0 Å². The Bertz CT molecular complexity index is 6.00. The fraction of sp³-hybridized carbons (Fsp3) is 0. The molecule has 0 aliphatic heterocycles. The normalized spacial score (nSPS) is 4.50. The fourth-order valence-corrected chi connectivity index (χ4v) is 0. The second-order valence-corrected chi connectivity index (χ2v) is 1.57. The Morgan fingerprint density at radius 3 is 1.25 bits per heavy atom. The van der Waals surface area contributed by atoms with E-state index in [9.17, 15) is 0 Å². The van der Waals surface area contributed by atoms with Gasteiger partial charge in [-0.25, -0.2) is 2.92 Å². The third-order valence-electron chi connectivity index (χ3n) is 0. The SMILES string of the molecule is BrOBr.[Ge]. The van der Waals surface area contributed by atoms with Gasteiger partial charge >= 0.3 is 0 Å². The molecule has 0 aliphatic rings. The van der Waals surface area contributed by atoms with Crippen molar-refractivity contribution in [2.24, 2.45) is 0 Å². The summed E-state index contributed by atoms with van der Waals surface area (Å²) in [7, 11) is 0. The summed E-state index contributed by atoms with van der Waals surface area (Å²) in [6, 6.07) is 0. The van der Waals surface area contributed by atoms with Crippen molar-refractivity contribution in [2.45, 2.75) is 0 Å². The summed E-state index contributed by atoms with van der Waals surface area (Å²) in [5.41, 5.74) is 0. The van der Waals surface area contributed by atoms with Crippen molar-refractivity contribution in [3.63, 3.8) is 0 Å². The van der Waals surface area contributed by atoms with Gasteiger partial charge in [0.05, 0.1) is 0 Å². The third kappa shape index (κ3) is 9.82. The average Bonchev–Trinajstić information content (AvgIpc) is 0.918. The van der Waals surface area contributed by atoms with E-state index in [2.05, 4.69) is 35.4 Å². The van der Waals surface area contributed by atoms with Gasteiger partial charge < -0.3 is 0 Å². The quantitative estimate of drug-likeness (QED) is 0.586. The Hall–Kier alpha value is 1.46. The van der Waals surface area contributed by atoms with Crippen molar-refractivity contribution < 1.29 is 2.92 Å². The maximum Gasteiger partial charge on any atom is 0.115 e. The largest absolute Gasteiger partial charge is 0.230 e. The summed E-state index contributed by atoms with van der Waals surface area (Å²) in [5, 5.41) is 0. The summed E-state index contributed by atoms with van der Waals surface area (Å²) < 4.78 is 3.88. The van der Waals surface area contributed by atoms with Crippen molar-refractivity contribution in [3.8, 4) is 0 Å². The van der Waals surface area contributed by atoms with Gasteiger partial charge in [0.15, 0.2) is 0 Å². The molecular formula is Br2GeO. The van der Waals surface area contributed by atoms with E-state index in [4.69, 9.17) is 0 Å². The molecule has 0 atom stereocenters. The van der Waals surface area contributed by atoms with Gasteiger partial charge in [-0.3, -0.25) is 0 Å². The molecule has 0 aliphatic carbocycles. The third-order valence-corrected chi connectivity index (χ3v) is 0. The number of halogens is 2. The molecule has 0 N–H and O–H groups in total. The molecule has 1 nitrogen and oxygen atoms in total. The van der Waals surface area contributed by atoms with Crippen LogP contribution >= 0.6 is 32.5 Å². The van der Waals surface area contributed by atoms with E-state index in [1.165, 1.54) is 0 Å². The van der Waals surface area contributed by atoms with Gasteiger partial charge in [0.1, 0.15) is 32.5 Å². The zero-order chi connectivity index (χ0) is 2.71. The van der Waals surface area contributed by atoms with Crippen LogP contribution in [0.4, 0.5) is 0 Å². The van der Waals surface area contributed by atoms with E-state index in [1.54, 1.807) is 0 Å². The molecule has 0 unspecified atom stereocenters. The van der Waals surface area contributed by atoms with E-state index in [1.807, 2.05) is 0 Å². The topological polar surface area (TPSA) is 9.23 Å². The van der Waals surface area contributed by atoms with Crippen LogP contribution in [0, 0.1) is 0 Å². The molecule has 4 heteroatoms. The Morgan fingerprint density at radius 1 is 1.25 bits per heavy atom. The number of hydrogen-bond donors (Lipinski definition) is 0. The van der Waals surface area contributed by atoms with Gasteiger partial charge in [-0.2, -0.15) is 0 Å². The summed E-state index contributed by atoms with van der Waals surface area (Å²) in [4.78, 5) is 0. The van der Waals surface area contributed by atoms with Crippen LogP contribution in [0.3, 0.4) is 0 Å². The van der Waals surface area contributed by atoms with Crippen molar-refractivity contribution in [2.75, 3.05) is 0 Å². The number of rotatable bonds is 0. The standard InChI is InChI=1S/Br2O.Ge/c1-3-2;.